The van der Waals surface area contributed by atoms with Crippen LogP contribution in [0.25, 0.3) is 0 Å². The molecule has 0 aromatic heterocycles. The van der Waals surface area contributed by atoms with Gasteiger partial charge in [-0.05, 0) is 32.0 Å². The van der Waals surface area contributed by atoms with Gasteiger partial charge in [0.1, 0.15) is 12.4 Å². The number of carbonyl (C=O) groups excluding carboxylic acids is 1. The molecule has 1 rings (SSSR count). The van der Waals surface area contributed by atoms with E-state index >= 15 is 0 Å². The quantitative estimate of drug-likeness (QED) is 0.812. The maximum absolute atomic E-state index is 13.9. The van der Waals surface area contributed by atoms with Crippen molar-refractivity contribution in [1.29, 1.82) is 0 Å². The van der Waals surface area contributed by atoms with Gasteiger partial charge < -0.3 is 15.1 Å². The Hall–Kier alpha value is -1.90. The topological polar surface area (TPSA) is 60.8 Å². The monoisotopic (exact) mass is 279 g/mol. The molecule has 4 nitrogen and oxygen atoms in total. The van der Waals surface area contributed by atoms with Gasteiger partial charge in [-0.2, -0.15) is 0 Å². The van der Waals surface area contributed by atoms with Crippen LogP contribution in [0.2, 0.25) is 0 Å². The Morgan fingerprint density at radius 3 is 2.55 bits per heavy atom. The molecule has 0 saturated heterocycles. The number of rotatable bonds is 3. The van der Waals surface area contributed by atoms with Crippen LogP contribution in [-0.2, 0) is 0 Å². The number of nitrogens with zero attached hydrogens (tertiary/aromatic N) is 1. The van der Waals surface area contributed by atoms with E-state index in [9.17, 15) is 14.3 Å². The number of likely N-dealkylation sites (N-methyl/N-ethyl adjacent to an activating group) is 1. The van der Waals surface area contributed by atoms with Crippen molar-refractivity contribution in [3.05, 3.63) is 35.1 Å². The van der Waals surface area contributed by atoms with Crippen LogP contribution in [-0.4, -0.2) is 46.8 Å². The van der Waals surface area contributed by atoms with Crippen molar-refractivity contribution >= 4 is 5.91 Å². The zero-order chi connectivity index (χ0) is 15.3. The molecule has 0 aliphatic heterocycles. The van der Waals surface area contributed by atoms with Gasteiger partial charge in [0.2, 0.25) is 0 Å². The molecule has 0 fully saturated rings. The summed E-state index contributed by atoms with van der Waals surface area (Å²) in [4.78, 5) is 13.5. The molecular weight excluding hydrogens is 261 g/mol. The number of hydrogen-bond donors (Lipinski definition) is 2. The van der Waals surface area contributed by atoms with Crippen molar-refractivity contribution < 1.29 is 19.4 Å². The minimum atomic E-state index is -0.779. The minimum Gasteiger partial charge on any atom is -0.394 e. The molecule has 1 aromatic carbocycles. The van der Waals surface area contributed by atoms with Crippen molar-refractivity contribution in [2.45, 2.75) is 19.4 Å². The van der Waals surface area contributed by atoms with Crippen molar-refractivity contribution in [3.63, 3.8) is 0 Å². The second-order valence-corrected chi connectivity index (χ2v) is 4.99. The average Bonchev–Trinajstić information content (AvgIpc) is 2.43. The number of hydrogen-bond acceptors (Lipinski definition) is 3. The fourth-order valence-corrected chi connectivity index (χ4v) is 1.47. The maximum atomic E-state index is 13.9. The highest BCUT2D eigenvalue weighted by Gasteiger charge is 2.28. The van der Waals surface area contributed by atoms with Gasteiger partial charge in [-0.15, -0.1) is 0 Å². The molecule has 2 N–H and O–H groups in total. The van der Waals surface area contributed by atoms with E-state index in [-0.39, 0.29) is 18.8 Å². The first-order valence-electron chi connectivity index (χ1n) is 6.12. The minimum absolute atomic E-state index is 0.0800. The molecule has 0 aliphatic carbocycles. The van der Waals surface area contributed by atoms with E-state index in [1.165, 1.54) is 24.1 Å². The first-order valence-corrected chi connectivity index (χ1v) is 6.12. The number of benzene rings is 1. The molecule has 0 atom stereocenters. The van der Waals surface area contributed by atoms with Crippen LogP contribution in [0, 0.1) is 17.7 Å². The highest BCUT2D eigenvalue weighted by molar-refractivity contribution is 5.95. The number of aliphatic hydroxyl groups is 2. The second-order valence-electron chi connectivity index (χ2n) is 4.99. The fourth-order valence-electron chi connectivity index (χ4n) is 1.47. The Labute approximate surface area is 117 Å². The van der Waals surface area contributed by atoms with Gasteiger partial charge in [0, 0.05) is 12.6 Å². The molecule has 0 heterocycles. The highest BCUT2D eigenvalue weighted by atomic mass is 19.1. The Morgan fingerprint density at radius 1 is 1.40 bits per heavy atom. The van der Waals surface area contributed by atoms with E-state index in [1.54, 1.807) is 13.8 Å². The van der Waals surface area contributed by atoms with E-state index in [1.807, 2.05) is 0 Å². The largest absolute Gasteiger partial charge is 0.394 e. The van der Waals surface area contributed by atoms with Gasteiger partial charge in [-0.3, -0.25) is 4.79 Å². The first kappa shape index (κ1) is 16.2. The Balaban J connectivity index is 3.06. The summed E-state index contributed by atoms with van der Waals surface area (Å²) in [5, 5.41) is 17.8. The first-order chi connectivity index (χ1) is 9.33. The maximum Gasteiger partial charge on any atom is 0.257 e. The Morgan fingerprint density at radius 2 is 2.05 bits per heavy atom. The molecule has 0 spiro atoms. The van der Waals surface area contributed by atoms with Crippen LogP contribution >= 0.6 is 0 Å². The zero-order valence-electron chi connectivity index (χ0n) is 11.8. The molecule has 0 radical (unpaired) electrons. The van der Waals surface area contributed by atoms with Crippen LogP contribution in [0.5, 0.6) is 0 Å². The van der Waals surface area contributed by atoms with E-state index in [4.69, 9.17) is 5.11 Å². The molecule has 108 valence electrons. The summed E-state index contributed by atoms with van der Waals surface area (Å²) in [6.45, 7) is 2.83. The molecule has 20 heavy (non-hydrogen) atoms. The van der Waals surface area contributed by atoms with Crippen LogP contribution in [0.4, 0.5) is 4.39 Å². The van der Waals surface area contributed by atoms with Crippen LogP contribution in [0.3, 0.4) is 0 Å². The van der Waals surface area contributed by atoms with Crippen LogP contribution in [0.1, 0.15) is 29.8 Å². The third kappa shape index (κ3) is 3.56. The molecule has 0 bridgehead atoms. The molecular formula is C15H18FNO3. The third-order valence-electron chi connectivity index (χ3n) is 3.11. The van der Waals surface area contributed by atoms with Gasteiger partial charge in [0.15, 0.2) is 0 Å². The summed E-state index contributed by atoms with van der Waals surface area (Å²) in [5.74, 6) is 3.78. The van der Waals surface area contributed by atoms with Gasteiger partial charge in [-0.25, -0.2) is 4.39 Å². The smallest absolute Gasteiger partial charge is 0.257 e. The molecule has 0 unspecified atom stereocenters. The van der Waals surface area contributed by atoms with E-state index in [2.05, 4.69) is 11.8 Å². The van der Waals surface area contributed by atoms with Crippen molar-refractivity contribution in [2.24, 2.45) is 0 Å². The summed E-state index contributed by atoms with van der Waals surface area (Å²) >= 11 is 0. The number of aliphatic hydroxyl groups excluding tert-OH is 2. The lowest BCUT2D eigenvalue weighted by atomic mass is 10.0. The fraction of sp³-hybridized carbons (Fsp3) is 0.400. The molecule has 5 heteroatoms. The lowest BCUT2D eigenvalue weighted by molar-refractivity contribution is 0.0469. The third-order valence-corrected chi connectivity index (χ3v) is 3.11. The summed E-state index contributed by atoms with van der Waals surface area (Å²) in [7, 11) is 1.51. The van der Waals surface area contributed by atoms with Gasteiger partial charge in [0.05, 0.1) is 17.7 Å². The van der Waals surface area contributed by atoms with E-state index in [0.29, 0.717) is 5.56 Å². The number of carbonyl (C=O) groups is 1. The van der Waals surface area contributed by atoms with Crippen LogP contribution < -0.4 is 0 Å². The van der Waals surface area contributed by atoms with Crippen molar-refractivity contribution in [1.82, 2.24) is 4.90 Å². The van der Waals surface area contributed by atoms with Gasteiger partial charge >= 0.3 is 0 Å². The van der Waals surface area contributed by atoms with E-state index in [0.717, 1.165) is 6.07 Å². The lowest BCUT2D eigenvalue weighted by Crippen LogP contribution is -2.47. The molecule has 0 saturated carbocycles. The van der Waals surface area contributed by atoms with Crippen LogP contribution in [0.15, 0.2) is 18.2 Å². The molecule has 1 amide bonds. The Bertz CT molecular complexity index is 558. The summed E-state index contributed by atoms with van der Waals surface area (Å²) in [5.41, 5.74) is -0.473. The van der Waals surface area contributed by atoms with Gasteiger partial charge in [0.25, 0.3) is 5.91 Å². The predicted molar refractivity (Wildman–Crippen MR) is 73.6 cm³/mol. The predicted octanol–water partition coefficient (Wildman–Crippen LogP) is 1.01. The Kier molecular flexibility index (Phi) is 5.26. The van der Waals surface area contributed by atoms with Crippen molar-refractivity contribution in [3.8, 4) is 11.8 Å². The highest BCUT2D eigenvalue weighted by Crippen LogP contribution is 2.18. The lowest BCUT2D eigenvalue weighted by Gasteiger charge is -2.34. The zero-order valence-corrected chi connectivity index (χ0v) is 11.8. The van der Waals surface area contributed by atoms with E-state index < -0.39 is 17.3 Å². The molecule has 0 aliphatic rings. The molecule has 1 aromatic rings. The normalized spacial score (nSPS) is 10.7. The summed E-state index contributed by atoms with van der Waals surface area (Å²) in [6.07, 6.45) is 0. The number of halogens is 1. The number of amides is 1. The van der Waals surface area contributed by atoms with Gasteiger partial charge in [-0.1, -0.05) is 11.8 Å². The summed E-state index contributed by atoms with van der Waals surface area (Å²) in [6, 6.07) is 4.01. The standard InChI is InChI=1S/C15H18FNO3/c1-15(2,10-19)17(3)14(20)12-7-6-11(5-4-8-18)9-13(12)16/h6-7,9,18-19H,8,10H2,1-3H3. The summed E-state index contributed by atoms with van der Waals surface area (Å²) < 4.78 is 13.9. The second kappa shape index (κ2) is 6.51. The average molecular weight is 279 g/mol. The SMILES string of the molecule is CN(C(=O)c1ccc(C#CCO)cc1F)C(C)(C)CO. The van der Waals surface area contributed by atoms with Crippen molar-refractivity contribution in [2.75, 3.05) is 20.3 Å².